The second-order valence-electron chi connectivity index (χ2n) is 5.09. The summed E-state index contributed by atoms with van der Waals surface area (Å²) in [6, 6.07) is 5.22. The zero-order valence-corrected chi connectivity index (χ0v) is 11.9. The second-order valence-corrected chi connectivity index (χ2v) is 5.50. The molecule has 2 aromatic heterocycles. The van der Waals surface area contributed by atoms with Crippen molar-refractivity contribution in [1.29, 1.82) is 0 Å². The van der Waals surface area contributed by atoms with E-state index in [4.69, 9.17) is 11.6 Å². The van der Waals surface area contributed by atoms with E-state index in [1.165, 1.54) is 0 Å². The molecule has 5 nitrogen and oxygen atoms in total. The second kappa shape index (κ2) is 5.25. The molecular formula is C14H15ClN4O. The average molecular weight is 291 g/mol. The monoisotopic (exact) mass is 290 g/mol. The molecule has 0 unspecified atom stereocenters. The summed E-state index contributed by atoms with van der Waals surface area (Å²) in [7, 11) is 0. The molecule has 0 spiro atoms. The first-order chi connectivity index (χ1) is 9.63. The van der Waals surface area contributed by atoms with Crippen molar-refractivity contribution < 1.29 is 0 Å². The number of hydrogen-bond donors (Lipinski definition) is 0. The molecule has 0 atom stereocenters. The van der Waals surface area contributed by atoms with E-state index in [-0.39, 0.29) is 5.56 Å². The van der Waals surface area contributed by atoms with Crippen molar-refractivity contribution in [3.05, 3.63) is 51.7 Å². The Bertz CT molecular complexity index is 679. The van der Waals surface area contributed by atoms with Gasteiger partial charge in [0.15, 0.2) is 0 Å². The number of rotatable bonds is 3. The first kappa shape index (κ1) is 13.1. The van der Waals surface area contributed by atoms with Crippen LogP contribution in [0.25, 0.3) is 0 Å². The molecule has 1 fully saturated rings. The van der Waals surface area contributed by atoms with E-state index in [1.807, 2.05) is 13.0 Å². The number of nitrogens with zero attached hydrogens (tertiary/aromatic N) is 4. The molecule has 0 N–H and O–H groups in total. The highest BCUT2D eigenvalue weighted by Gasteiger charge is 2.28. The summed E-state index contributed by atoms with van der Waals surface area (Å²) in [6.45, 7) is 4.30. The van der Waals surface area contributed by atoms with Gasteiger partial charge in [0.2, 0.25) is 0 Å². The summed E-state index contributed by atoms with van der Waals surface area (Å²) in [5, 5.41) is 4.92. The Hall–Kier alpha value is -1.88. The first-order valence-electron chi connectivity index (χ1n) is 6.53. The highest BCUT2D eigenvalue weighted by Crippen LogP contribution is 2.30. The van der Waals surface area contributed by atoms with E-state index in [0.29, 0.717) is 17.5 Å². The average Bonchev–Trinajstić information content (AvgIpc) is 2.38. The predicted octanol–water partition coefficient (Wildman–Crippen LogP) is 1.74. The van der Waals surface area contributed by atoms with Crippen molar-refractivity contribution in [2.24, 2.45) is 5.92 Å². The van der Waals surface area contributed by atoms with Gasteiger partial charge in [0, 0.05) is 37.5 Å². The summed E-state index contributed by atoms with van der Waals surface area (Å²) in [5.41, 5.74) is 1.82. The van der Waals surface area contributed by atoms with Gasteiger partial charge in [0.25, 0.3) is 5.56 Å². The van der Waals surface area contributed by atoms with Crippen LogP contribution in [-0.2, 0) is 6.54 Å². The van der Waals surface area contributed by atoms with Crippen LogP contribution in [0.4, 0.5) is 5.69 Å². The molecule has 1 saturated heterocycles. The van der Waals surface area contributed by atoms with Gasteiger partial charge in [-0.15, -0.1) is 0 Å². The molecule has 0 saturated carbocycles. The molecule has 104 valence electrons. The Kier molecular flexibility index (Phi) is 3.44. The lowest BCUT2D eigenvalue weighted by Crippen LogP contribution is -2.49. The van der Waals surface area contributed by atoms with Crippen LogP contribution in [0.1, 0.15) is 5.69 Å². The Labute approximate surface area is 121 Å². The van der Waals surface area contributed by atoms with Crippen molar-refractivity contribution >= 4 is 17.3 Å². The van der Waals surface area contributed by atoms with Crippen LogP contribution in [0.2, 0.25) is 5.02 Å². The van der Waals surface area contributed by atoms with Gasteiger partial charge in [-0.3, -0.25) is 9.78 Å². The summed E-state index contributed by atoms with van der Waals surface area (Å²) in [5.74, 6) is 0.422. The quantitative estimate of drug-likeness (QED) is 0.864. The molecular weight excluding hydrogens is 276 g/mol. The highest BCUT2D eigenvalue weighted by molar-refractivity contribution is 6.33. The lowest BCUT2D eigenvalue weighted by molar-refractivity contribution is 0.333. The molecule has 3 rings (SSSR count). The molecule has 0 bridgehead atoms. The third-order valence-corrected chi connectivity index (χ3v) is 3.77. The largest absolute Gasteiger partial charge is 0.369 e. The number of halogens is 1. The maximum absolute atomic E-state index is 11.7. The molecule has 0 amide bonds. The van der Waals surface area contributed by atoms with Crippen molar-refractivity contribution in [3.8, 4) is 0 Å². The minimum atomic E-state index is -0.0454. The fourth-order valence-electron chi connectivity index (χ4n) is 2.43. The van der Waals surface area contributed by atoms with Gasteiger partial charge in [-0.05, 0) is 19.1 Å². The molecule has 2 aromatic rings. The fourth-order valence-corrected chi connectivity index (χ4v) is 2.67. The van der Waals surface area contributed by atoms with Crippen LogP contribution in [0.15, 0.2) is 35.4 Å². The van der Waals surface area contributed by atoms with Crippen LogP contribution in [0.5, 0.6) is 0 Å². The molecule has 1 aliphatic rings. The number of aryl methyl sites for hydroxylation is 1. The van der Waals surface area contributed by atoms with E-state index in [0.717, 1.165) is 24.5 Å². The van der Waals surface area contributed by atoms with Crippen molar-refractivity contribution in [2.75, 3.05) is 18.0 Å². The maximum atomic E-state index is 11.7. The van der Waals surface area contributed by atoms with E-state index in [2.05, 4.69) is 15.0 Å². The Balaban J connectivity index is 1.65. The third kappa shape index (κ3) is 2.54. The van der Waals surface area contributed by atoms with E-state index in [9.17, 15) is 4.79 Å². The summed E-state index contributed by atoms with van der Waals surface area (Å²) in [4.78, 5) is 17.9. The lowest BCUT2D eigenvalue weighted by Gasteiger charge is -2.41. The summed E-state index contributed by atoms with van der Waals surface area (Å²) >= 11 is 6.11. The van der Waals surface area contributed by atoms with Gasteiger partial charge < -0.3 is 4.90 Å². The number of anilines is 1. The van der Waals surface area contributed by atoms with Crippen molar-refractivity contribution in [3.63, 3.8) is 0 Å². The SMILES string of the molecule is Cc1ccc(=O)n(CC2CN(c3ccncc3Cl)C2)n1. The van der Waals surface area contributed by atoms with Crippen LogP contribution >= 0.6 is 11.6 Å². The molecule has 0 aliphatic carbocycles. The Morgan fingerprint density at radius 2 is 2.15 bits per heavy atom. The standard InChI is InChI=1S/C14H15ClN4O/c1-10-2-3-14(20)19(17-10)9-11-7-18(8-11)13-4-5-16-6-12(13)15/h2-6,11H,7-9H2,1H3. The van der Waals surface area contributed by atoms with Crippen molar-refractivity contribution in [2.45, 2.75) is 13.5 Å². The molecule has 3 heterocycles. The van der Waals surface area contributed by atoms with Crippen LogP contribution in [0, 0.1) is 12.8 Å². The van der Waals surface area contributed by atoms with Crippen LogP contribution in [-0.4, -0.2) is 27.9 Å². The zero-order valence-electron chi connectivity index (χ0n) is 11.2. The number of aromatic nitrogens is 3. The summed E-state index contributed by atoms with van der Waals surface area (Å²) < 4.78 is 1.55. The minimum Gasteiger partial charge on any atom is -0.369 e. The van der Waals surface area contributed by atoms with E-state index < -0.39 is 0 Å². The normalized spacial score (nSPS) is 15.2. The molecule has 0 aromatic carbocycles. The number of hydrogen-bond acceptors (Lipinski definition) is 4. The van der Waals surface area contributed by atoms with Gasteiger partial charge in [-0.1, -0.05) is 11.6 Å². The van der Waals surface area contributed by atoms with Gasteiger partial charge >= 0.3 is 0 Å². The third-order valence-electron chi connectivity index (χ3n) is 3.48. The molecule has 6 heteroatoms. The molecule has 0 radical (unpaired) electrons. The van der Waals surface area contributed by atoms with Gasteiger partial charge in [0.05, 0.1) is 22.9 Å². The van der Waals surface area contributed by atoms with E-state index >= 15 is 0 Å². The Morgan fingerprint density at radius 1 is 1.35 bits per heavy atom. The maximum Gasteiger partial charge on any atom is 0.266 e. The highest BCUT2D eigenvalue weighted by atomic mass is 35.5. The van der Waals surface area contributed by atoms with E-state index in [1.54, 1.807) is 29.2 Å². The zero-order chi connectivity index (χ0) is 14.1. The van der Waals surface area contributed by atoms with Crippen LogP contribution in [0.3, 0.4) is 0 Å². The van der Waals surface area contributed by atoms with Crippen LogP contribution < -0.4 is 10.5 Å². The Morgan fingerprint density at radius 3 is 2.90 bits per heavy atom. The smallest absolute Gasteiger partial charge is 0.266 e. The van der Waals surface area contributed by atoms with Crippen molar-refractivity contribution in [1.82, 2.24) is 14.8 Å². The van der Waals surface area contributed by atoms with Gasteiger partial charge in [-0.25, -0.2) is 4.68 Å². The predicted molar refractivity (Wildman–Crippen MR) is 78.2 cm³/mol. The fraction of sp³-hybridized carbons (Fsp3) is 0.357. The topological polar surface area (TPSA) is 51.0 Å². The number of pyridine rings is 1. The lowest BCUT2D eigenvalue weighted by atomic mass is 9.99. The molecule has 20 heavy (non-hydrogen) atoms. The first-order valence-corrected chi connectivity index (χ1v) is 6.90. The minimum absolute atomic E-state index is 0.0454. The summed E-state index contributed by atoms with van der Waals surface area (Å²) in [6.07, 6.45) is 3.39. The molecule has 1 aliphatic heterocycles. The van der Waals surface area contributed by atoms with Gasteiger partial charge in [-0.2, -0.15) is 5.10 Å². The van der Waals surface area contributed by atoms with Gasteiger partial charge in [0.1, 0.15) is 0 Å².